The van der Waals surface area contributed by atoms with Crippen molar-refractivity contribution in [2.45, 2.75) is 25.2 Å². The highest BCUT2D eigenvalue weighted by atomic mass is 32.2. The fourth-order valence-corrected chi connectivity index (χ4v) is 3.78. The standard InChI is InChI=1S/C21H21N3O4S/c1-14-2-4-15(5-3-14)10-24-17(11-25)9-22-21(24)29-12-20(26)23-16-6-7-18-19(8-16)28-13-27-18/h2-9,25H,10-13H2,1H3,(H,23,26). The highest BCUT2D eigenvalue weighted by Gasteiger charge is 2.16. The van der Waals surface area contributed by atoms with Gasteiger partial charge in [-0.15, -0.1) is 0 Å². The molecule has 0 saturated heterocycles. The van der Waals surface area contributed by atoms with Crippen LogP contribution in [-0.4, -0.2) is 33.1 Å². The Morgan fingerprint density at radius 3 is 2.79 bits per heavy atom. The smallest absolute Gasteiger partial charge is 0.234 e. The maximum Gasteiger partial charge on any atom is 0.234 e. The number of aryl methyl sites for hydroxylation is 1. The minimum Gasteiger partial charge on any atom is -0.454 e. The van der Waals surface area contributed by atoms with Gasteiger partial charge in [0.15, 0.2) is 16.7 Å². The number of benzene rings is 2. The maximum atomic E-state index is 12.4. The van der Waals surface area contributed by atoms with Gasteiger partial charge in [-0.2, -0.15) is 0 Å². The topological polar surface area (TPSA) is 85.6 Å². The van der Waals surface area contributed by atoms with Gasteiger partial charge in [0.25, 0.3) is 0 Å². The second-order valence-corrected chi connectivity index (χ2v) is 7.61. The molecular weight excluding hydrogens is 390 g/mol. The molecule has 1 aliphatic heterocycles. The first kappa shape index (κ1) is 19.4. The molecule has 8 heteroatoms. The molecule has 0 aliphatic carbocycles. The maximum absolute atomic E-state index is 12.4. The van der Waals surface area contributed by atoms with Crippen LogP contribution in [0.25, 0.3) is 0 Å². The van der Waals surface area contributed by atoms with E-state index in [1.54, 1.807) is 24.4 Å². The number of carbonyl (C=O) groups is 1. The van der Waals surface area contributed by atoms with Crippen LogP contribution in [0.5, 0.6) is 11.5 Å². The summed E-state index contributed by atoms with van der Waals surface area (Å²) in [7, 11) is 0. The quantitative estimate of drug-likeness (QED) is 0.581. The average molecular weight is 411 g/mol. The van der Waals surface area contributed by atoms with Gasteiger partial charge in [0.1, 0.15) is 0 Å². The number of carbonyl (C=O) groups excluding carboxylic acids is 1. The Morgan fingerprint density at radius 1 is 1.21 bits per heavy atom. The Balaban J connectivity index is 1.40. The number of fused-ring (bicyclic) bond motifs is 1. The second-order valence-electron chi connectivity index (χ2n) is 6.67. The summed E-state index contributed by atoms with van der Waals surface area (Å²) in [6, 6.07) is 13.5. The second kappa shape index (κ2) is 8.59. The molecule has 0 spiro atoms. The number of nitrogens with zero attached hydrogens (tertiary/aromatic N) is 2. The number of thioether (sulfide) groups is 1. The number of aliphatic hydroxyl groups is 1. The number of aliphatic hydroxyl groups excluding tert-OH is 1. The van der Waals surface area contributed by atoms with Crippen LogP contribution in [0.15, 0.2) is 53.8 Å². The van der Waals surface area contributed by atoms with Crippen LogP contribution >= 0.6 is 11.8 Å². The van der Waals surface area contributed by atoms with E-state index in [1.165, 1.54) is 17.3 Å². The van der Waals surface area contributed by atoms with E-state index in [0.717, 1.165) is 5.56 Å². The van der Waals surface area contributed by atoms with Crippen molar-refractivity contribution in [3.8, 4) is 11.5 Å². The third-order valence-corrected chi connectivity index (χ3v) is 5.50. The molecule has 0 saturated carbocycles. The predicted molar refractivity (Wildman–Crippen MR) is 110 cm³/mol. The lowest BCUT2D eigenvalue weighted by Crippen LogP contribution is -2.15. The van der Waals surface area contributed by atoms with Crippen molar-refractivity contribution in [2.75, 3.05) is 17.9 Å². The Morgan fingerprint density at radius 2 is 2.00 bits per heavy atom. The van der Waals surface area contributed by atoms with E-state index >= 15 is 0 Å². The SMILES string of the molecule is Cc1ccc(Cn2c(CO)cnc2SCC(=O)Nc2ccc3c(c2)OCO3)cc1. The monoisotopic (exact) mass is 411 g/mol. The van der Waals surface area contributed by atoms with Crippen molar-refractivity contribution in [1.29, 1.82) is 0 Å². The molecule has 3 aromatic rings. The zero-order chi connectivity index (χ0) is 20.2. The van der Waals surface area contributed by atoms with Gasteiger partial charge in [0.05, 0.1) is 24.3 Å². The summed E-state index contributed by atoms with van der Waals surface area (Å²) in [5.74, 6) is 1.34. The first-order valence-electron chi connectivity index (χ1n) is 9.15. The number of amides is 1. The molecule has 1 aromatic heterocycles. The molecule has 7 nitrogen and oxygen atoms in total. The zero-order valence-electron chi connectivity index (χ0n) is 15.9. The molecule has 1 amide bonds. The third-order valence-electron chi connectivity index (χ3n) is 4.51. The largest absolute Gasteiger partial charge is 0.454 e. The lowest BCUT2D eigenvalue weighted by Gasteiger charge is -2.11. The number of hydrogen-bond acceptors (Lipinski definition) is 6. The zero-order valence-corrected chi connectivity index (χ0v) is 16.7. The molecule has 2 heterocycles. The fourth-order valence-electron chi connectivity index (χ4n) is 2.98. The van der Waals surface area contributed by atoms with E-state index in [4.69, 9.17) is 9.47 Å². The van der Waals surface area contributed by atoms with Gasteiger partial charge in [-0.1, -0.05) is 41.6 Å². The van der Waals surface area contributed by atoms with Gasteiger partial charge < -0.3 is 24.5 Å². The number of anilines is 1. The van der Waals surface area contributed by atoms with Gasteiger partial charge >= 0.3 is 0 Å². The molecule has 29 heavy (non-hydrogen) atoms. The first-order chi connectivity index (χ1) is 14.1. The van der Waals surface area contributed by atoms with Crippen LogP contribution in [0, 0.1) is 6.92 Å². The van der Waals surface area contributed by atoms with Gasteiger partial charge in [-0.25, -0.2) is 4.98 Å². The van der Waals surface area contributed by atoms with Crippen LogP contribution in [0.1, 0.15) is 16.8 Å². The number of imidazole rings is 1. The Hall–Kier alpha value is -2.97. The summed E-state index contributed by atoms with van der Waals surface area (Å²) in [5.41, 5.74) is 3.66. The van der Waals surface area contributed by atoms with E-state index < -0.39 is 0 Å². The fraction of sp³-hybridized carbons (Fsp3) is 0.238. The normalized spacial score (nSPS) is 12.2. The van der Waals surface area contributed by atoms with Crippen LogP contribution in [0.4, 0.5) is 5.69 Å². The van der Waals surface area contributed by atoms with Crippen LogP contribution in [0.2, 0.25) is 0 Å². The summed E-state index contributed by atoms with van der Waals surface area (Å²) in [4.78, 5) is 16.8. The van der Waals surface area contributed by atoms with E-state index in [-0.39, 0.29) is 25.1 Å². The minimum absolute atomic E-state index is 0.108. The van der Waals surface area contributed by atoms with Crippen LogP contribution < -0.4 is 14.8 Å². The predicted octanol–water partition coefficient (Wildman–Crippen LogP) is 3.19. The summed E-state index contributed by atoms with van der Waals surface area (Å²) in [5, 5.41) is 13.2. The summed E-state index contributed by atoms with van der Waals surface area (Å²) in [6.45, 7) is 2.71. The Kier molecular flexibility index (Phi) is 5.73. The van der Waals surface area contributed by atoms with Crippen molar-refractivity contribution >= 4 is 23.4 Å². The highest BCUT2D eigenvalue weighted by Crippen LogP contribution is 2.34. The molecule has 150 valence electrons. The van der Waals surface area contributed by atoms with Gasteiger partial charge in [-0.3, -0.25) is 4.79 Å². The molecule has 0 radical (unpaired) electrons. The third kappa shape index (κ3) is 4.55. The number of aromatic nitrogens is 2. The number of rotatable bonds is 7. The van der Waals surface area contributed by atoms with Gasteiger partial charge in [0.2, 0.25) is 12.7 Å². The lowest BCUT2D eigenvalue weighted by molar-refractivity contribution is -0.113. The van der Waals surface area contributed by atoms with Crippen molar-refractivity contribution in [1.82, 2.24) is 9.55 Å². The van der Waals surface area contributed by atoms with E-state index in [2.05, 4.69) is 34.6 Å². The molecule has 0 atom stereocenters. The Labute approximate surface area is 172 Å². The number of nitrogens with one attached hydrogen (secondary N) is 1. The molecule has 2 N–H and O–H groups in total. The molecule has 0 fully saturated rings. The molecule has 0 unspecified atom stereocenters. The van der Waals surface area contributed by atoms with Crippen molar-refractivity contribution in [3.63, 3.8) is 0 Å². The van der Waals surface area contributed by atoms with Crippen molar-refractivity contribution < 1.29 is 19.4 Å². The number of ether oxygens (including phenoxy) is 2. The van der Waals surface area contributed by atoms with Crippen LogP contribution in [-0.2, 0) is 17.9 Å². The molecule has 2 aromatic carbocycles. The molecule has 4 rings (SSSR count). The van der Waals surface area contributed by atoms with E-state index in [9.17, 15) is 9.90 Å². The van der Waals surface area contributed by atoms with Gasteiger partial charge in [0, 0.05) is 18.3 Å². The minimum atomic E-state index is -0.149. The molecule has 0 bridgehead atoms. The van der Waals surface area contributed by atoms with E-state index in [1.807, 2.05) is 11.5 Å². The highest BCUT2D eigenvalue weighted by molar-refractivity contribution is 7.99. The molecule has 1 aliphatic rings. The molecular formula is C21H21N3O4S. The lowest BCUT2D eigenvalue weighted by atomic mass is 10.1. The average Bonchev–Trinajstić information content (AvgIpc) is 3.34. The summed E-state index contributed by atoms with van der Waals surface area (Å²) in [6.07, 6.45) is 1.65. The summed E-state index contributed by atoms with van der Waals surface area (Å²) < 4.78 is 12.5. The number of hydrogen-bond donors (Lipinski definition) is 2. The van der Waals surface area contributed by atoms with Crippen molar-refractivity contribution in [3.05, 3.63) is 65.5 Å². The van der Waals surface area contributed by atoms with E-state index in [0.29, 0.717) is 34.6 Å². The van der Waals surface area contributed by atoms with Gasteiger partial charge in [-0.05, 0) is 24.6 Å². The first-order valence-corrected chi connectivity index (χ1v) is 10.1. The van der Waals surface area contributed by atoms with Crippen LogP contribution in [0.3, 0.4) is 0 Å². The summed E-state index contributed by atoms with van der Waals surface area (Å²) >= 11 is 1.33. The Bertz CT molecular complexity index is 1020. The van der Waals surface area contributed by atoms with Crippen molar-refractivity contribution in [2.24, 2.45) is 0 Å².